The smallest absolute Gasteiger partial charge is 0.236 e. The molecule has 26 heavy (non-hydrogen) atoms. The number of hydrogen-bond donors (Lipinski definition) is 1. The van der Waals surface area contributed by atoms with Crippen LogP contribution in [0.5, 0.6) is 0 Å². The van der Waals surface area contributed by atoms with E-state index in [1.807, 2.05) is 31.7 Å². The predicted molar refractivity (Wildman–Crippen MR) is 110 cm³/mol. The van der Waals surface area contributed by atoms with E-state index in [1.165, 1.54) is 11.8 Å². The Morgan fingerprint density at radius 2 is 2.00 bits per heavy atom. The standard InChI is InChI=1S/C18H28N2O3S2.ClH/c1-5-12-25(22,23)17-9-7-6-8-16(17)24-15(4)18(21)20-11-10-19-13(2)14(20)3;/h6-9,13-15,19H,5,10-12H2,1-4H3;1H. The molecule has 0 aromatic heterocycles. The average molecular weight is 421 g/mol. The first kappa shape index (κ1) is 23.3. The summed E-state index contributed by atoms with van der Waals surface area (Å²) in [6.45, 7) is 9.31. The molecule has 1 saturated heterocycles. The van der Waals surface area contributed by atoms with Crippen LogP contribution >= 0.6 is 24.2 Å². The number of rotatable bonds is 6. The van der Waals surface area contributed by atoms with Crippen LogP contribution in [0, 0.1) is 0 Å². The quantitative estimate of drug-likeness (QED) is 0.716. The van der Waals surface area contributed by atoms with Gasteiger partial charge < -0.3 is 10.2 Å². The highest BCUT2D eigenvalue weighted by atomic mass is 35.5. The number of nitrogens with one attached hydrogen (secondary N) is 1. The van der Waals surface area contributed by atoms with Gasteiger partial charge in [0.05, 0.1) is 15.9 Å². The second-order valence-corrected chi connectivity index (χ2v) is 10.0. The zero-order valence-electron chi connectivity index (χ0n) is 15.8. The molecule has 5 nitrogen and oxygen atoms in total. The van der Waals surface area contributed by atoms with E-state index in [9.17, 15) is 13.2 Å². The second-order valence-electron chi connectivity index (χ2n) is 6.54. The number of sulfone groups is 1. The molecule has 148 valence electrons. The van der Waals surface area contributed by atoms with E-state index >= 15 is 0 Å². The number of piperazine rings is 1. The van der Waals surface area contributed by atoms with E-state index in [0.29, 0.717) is 22.8 Å². The first-order chi connectivity index (χ1) is 11.8. The van der Waals surface area contributed by atoms with Crippen LogP contribution in [0.2, 0.25) is 0 Å². The van der Waals surface area contributed by atoms with Crippen LogP contribution in [-0.2, 0) is 14.6 Å². The van der Waals surface area contributed by atoms with Crippen molar-refractivity contribution in [3.05, 3.63) is 24.3 Å². The first-order valence-corrected chi connectivity index (χ1v) is 11.3. The minimum atomic E-state index is -3.31. The van der Waals surface area contributed by atoms with Gasteiger partial charge in [0.1, 0.15) is 0 Å². The number of hydrogen-bond acceptors (Lipinski definition) is 5. The van der Waals surface area contributed by atoms with Gasteiger partial charge in [-0.3, -0.25) is 4.79 Å². The third-order valence-electron chi connectivity index (χ3n) is 4.63. The Morgan fingerprint density at radius 1 is 1.35 bits per heavy atom. The van der Waals surface area contributed by atoms with Crippen molar-refractivity contribution in [3.63, 3.8) is 0 Å². The van der Waals surface area contributed by atoms with Gasteiger partial charge in [0.2, 0.25) is 5.91 Å². The van der Waals surface area contributed by atoms with E-state index in [0.717, 1.165) is 6.54 Å². The topological polar surface area (TPSA) is 66.5 Å². The fourth-order valence-corrected chi connectivity index (χ4v) is 5.93. The van der Waals surface area contributed by atoms with Gasteiger partial charge >= 0.3 is 0 Å². The summed E-state index contributed by atoms with van der Waals surface area (Å²) >= 11 is 1.34. The molecule has 1 N–H and O–H groups in total. The van der Waals surface area contributed by atoms with Gasteiger partial charge in [0, 0.05) is 30.1 Å². The molecule has 1 aromatic rings. The molecule has 3 atom stereocenters. The Bertz CT molecular complexity index is 712. The summed E-state index contributed by atoms with van der Waals surface area (Å²) in [4.78, 5) is 15.8. The van der Waals surface area contributed by atoms with Crippen LogP contribution in [0.15, 0.2) is 34.1 Å². The summed E-state index contributed by atoms with van der Waals surface area (Å²) in [7, 11) is -3.31. The highest BCUT2D eigenvalue weighted by Crippen LogP contribution is 2.32. The fourth-order valence-electron chi connectivity index (χ4n) is 3.03. The number of carbonyl (C=O) groups is 1. The Morgan fingerprint density at radius 3 is 2.65 bits per heavy atom. The van der Waals surface area contributed by atoms with Crippen LogP contribution in [0.1, 0.15) is 34.1 Å². The number of nitrogens with zero attached hydrogens (tertiary/aromatic N) is 1. The van der Waals surface area contributed by atoms with E-state index in [4.69, 9.17) is 0 Å². The lowest BCUT2D eigenvalue weighted by molar-refractivity contribution is -0.133. The molecule has 0 spiro atoms. The molecule has 8 heteroatoms. The number of halogens is 1. The van der Waals surface area contributed by atoms with Gasteiger partial charge in [0.15, 0.2) is 9.84 Å². The zero-order valence-corrected chi connectivity index (χ0v) is 18.2. The monoisotopic (exact) mass is 420 g/mol. The van der Waals surface area contributed by atoms with Crippen molar-refractivity contribution in [3.8, 4) is 0 Å². The van der Waals surface area contributed by atoms with Crippen LogP contribution in [0.25, 0.3) is 0 Å². The van der Waals surface area contributed by atoms with Crippen molar-refractivity contribution in [2.75, 3.05) is 18.8 Å². The summed E-state index contributed by atoms with van der Waals surface area (Å²) in [5.41, 5.74) is 0. The maximum atomic E-state index is 12.9. The lowest BCUT2D eigenvalue weighted by Gasteiger charge is -2.39. The summed E-state index contributed by atoms with van der Waals surface area (Å²) in [6.07, 6.45) is 0.575. The number of benzene rings is 1. The van der Waals surface area contributed by atoms with E-state index in [-0.39, 0.29) is 41.4 Å². The molecule has 0 aliphatic carbocycles. The molecular weight excluding hydrogens is 392 g/mol. The van der Waals surface area contributed by atoms with Gasteiger partial charge in [-0.2, -0.15) is 0 Å². The van der Waals surface area contributed by atoms with Gasteiger partial charge in [-0.1, -0.05) is 19.1 Å². The summed E-state index contributed by atoms with van der Waals surface area (Å²) in [6, 6.07) is 7.37. The lowest BCUT2D eigenvalue weighted by Crippen LogP contribution is -2.58. The molecule has 1 aliphatic rings. The van der Waals surface area contributed by atoms with Gasteiger partial charge in [0.25, 0.3) is 0 Å². The summed E-state index contributed by atoms with van der Waals surface area (Å²) in [5, 5.41) is 3.04. The fraction of sp³-hybridized carbons (Fsp3) is 0.611. The molecule has 1 fully saturated rings. The lowest BCUT2D eigenvalue weighted by atomic mass is 10.1. The number of amides is 1. The predicted octanol–water partition coefficient (Wildman–Crippen LogP) is 2.98. The number of thioether (sulfide) groups is 1. The van der Waals surface area contributed by atoms with Crippen LogP contribution in [0.4, 0.5) is 0 Å². The van der Waals surface area contributed by atoms with Crippen molar-refractivity contribution in [1.29, 1.82) is 0 Å². The Hall–Kier alpha value is -0.760. The van der Waals surface area contributed by atoms with Crippen LogP contribution in [-0.4, -0.2) is 55.4 Å². The van der Waals surface area contributed by atoms with Crippen molar-refractivity contribution in [2.45, 2.75) is 61.2 Å². The maximum Gasteiger partial charge on any atom is 0.236 e. The summed E-state index contributed by atoms with van der Waals surface area (Å²) in [5.74, 6) is 0.188. The van der Waals surface area contributed by atoms with E-state index in [2.05, 4.69) is 12.2 Å². The van der Waals surface area contributed by atoms with Gasteiger partial charge in [-0.05, 0) is 39.3 Å². The third kappa shape index (κ3) is 5.38. The third-order valence-corrected chi connectivity index (χ3v) is 7.89. The van der Waals surface area contributed by atoms with Crippen molar-refractivity contribution in [1.82, 2.24) is 10.2 Å². The largest absolute Gasteiger partial charge is 0.336 e. The molecule has 1 heterocycles. The highest BCUT2D eigenvalue weighted by molar-refractivity contribution is 8.01. The molecule has 0 bridgehead atoms. The van der Waals surface area contributed by atoms with E-state index < -0.39 is 9.84 Å². The van der Waals surface area contributed by atoms with Crippen LogP contribution < -0.4 is 5.32 Å². The maximum absolute atomic E-state index is 12.9. The van der Waals surface area contributed by atoms with Crippen LogP contribution in [0.3, 0.4) is 0 Å². The molecule has 0 saturated carbocycles. The molecule has 0 radical (unpaired) electrons. The average Bonchev–Trinajstić information content (AvgIpc) is 2.57. The minimum Gasteiger partial charge on any atom is -0.336 e. The Kier molecular flexibility index (Phi) is 8.93. The molecule has 3 unspecified atom stereocenters. The molecular formula is C18H29ClN2O3S2. The molecule has 1 aliphatic heterocycles. The minimum absolute atomic E-state index is 0. The normalized spacial score (nSPS) is 21.8. The van der Waals surface area contributed by atoms with Gasteiger partial charge in [-0.15, -0.1) is 24.2 Å². The second kappa shape index (κ2) is 9.97. The summed E-state index contributed by atoms with van der Waals surface area (Å²) < 4.78 is 25.0. The number of carbonyl (C=O) groups excluding carboxylic acids is 1. The van der Waals surface area contributed by atoms with Gasteiger partial charge in [-0.25, -0.2) is 8.42 Å². The highest BCUT2D eigenvalue weighted by Gasteiger charge is 2.31. The Labute approximate surface area is 167 Å². The van der Waals surface area contributed by atoms with Crippen molar-refractivity contribution in [2.24, 2.45) is 0 Å². The molecule has 2 rings (SSSR count). The van der Waals surface area contributed by atoms with E-state index in [1.54, 1.807) is 18.2 Å². The molecule has 1 amide bonds. The SMILES string of the molecule is CCCS(=O)(=O)c1ccccc1SC(C)C(=O)N1CCNC(C)C1C.Cl. The van der Waals surface area contributed by atoms with Crippen molar-refractivity contribution < 1.29 is 13.2 Å². The Balaban J connectivity index is 0.00000338. The van der Waals surface area contributed by atoms with Crippen molar-refractivity contribution >= 4 is 39.9 Å². The zero-order chi connectivity index (χ0) is 18.6. The first-order valence-electron chi connectivity index (χ1n) is 8.80. The molecule has 1 aromatic carbocycles.